The van der Waals surface area contributed by atoms with Gasteiger partial charge in [0.25, 0.3) is 0 Å². The van der Waals surface area contributed by atoms with E-state index in [4.69, 9.17) is 18.9 Å². The molecule has 0 saturated carbocycles. The summed E-state index contributed by atoms with van der Waals surface area (Å²) in [7, 11) is 5.91. The van der Waals surface area contributed by atoms with Crippen molar-refractivity contribution in [1.29, 1.82) is 0 Å². The fraction of sp³-hybridized carbons (Fsp3) is 0.588. The summed E-state index contributed by atoms with van der Waals surface area (Å²) in [6, 6.07) is 0. The van der Waals surface area contributed by atoms with Crippen molar-refractivity contribution in [3.05, 3.63) is 182 Å². The average Bonchev–Trinajstić information content (AvgIpc) is 3.64. The predicted octanol–water partition coefficient (Wildman–Crippen LogP) is 20.7. The summed E-state index contributed by atoms with van der Waals surface area (Å²) < 4.78 is 22.8. The second-order valence-corrected chi connectivity index (χ2v) is 23.7. The zero-order valence-electron chi connectivity index (χ0n) is 57.0. The van der Waals surface area contributed by atoms with Crippen LogP contribution in [-0.2, 0) is 33.3 Å². The molecule has 0 amide bonds. The average molecular weight is 1230 g/mol. The number of carboxylic acid groups (broad SMARTS) is 1. The summed E-state index contributed by atoms with van der Waals surface area (Å²) in [5.41, 5.74) is 0. The van der Waals surface area contributed by atoms with Gasteiger partial charge in [-0.25, -0.2) is 0 Å². The van der Waals surface area contributed by atoms with Crippen LogP contribution in [0.2, 0.25) is 0 Å². The summed E-state index contributed by atoms with van der Waals surface area (Å²) in [5, 5.41) is 11.8. The van der Waals surface area contributed by atoms with Crippen LogP contribution in [-0.4, -0.2) is 82.3 Å². The highest BCUT2D eigenvalue weighted by atomic mass is 16.7. The van der Waals surface area contributed by atoms with Crippen molar-refractivity contribution in [1.82, 2.24) is 0 Å². The van der Waals surface area contributed by atoms with E-state index in [1.54, 1.807) is 0 Å². The quantitative estimate of drug-likeness (QED) is 0.0195. The first-order valence-corrected chi connectivity index (χ1v) is 34.9. The second-order valence-electron chi connectivity index (χ2n) is 23.7. The number of allylic oxidation sites excluding steroid dienone is 30. The zero-order chi connectivity index (χ0) is 64.7. The Labute approximate surface area is 545 Å². The number of aliphatic carboxylic acids is 1. The fourth-order valence-corrected chi connectivity index (χ4v) is 8.88. The number of carbonyl (C=O) groups excluding carboxylic acids is 3. The third kappa shape index (κ3) is 69.7. The van der Waals surface area contributed by atoms with E-state index in [1.807, 2.05) is 21.1 Å². The van der Waals surface area contributed by atoms with Gasteiger partial charge in [-0.1, -0.05) is 280 Å². The van der Waals surface area contributed by atoms with Crippen LogP contribution in [0.4, 0.5) is 0 Å². The normalized spacial score (nSPS) is 13.9. The highest BCUT2D eigenvalue weighted by Crippen LogP contribution is 2.15. The maximum Gasteiger partial charge on any atom is 0.306 e. The monoisotopic (exact) mass is 1230 g/mol. The van der Waals surface area contributed by atoms with E-state index in [2.05, 4.69) is 196 Å². The van der Waals surface area contributed by atoms with Gasteiger partial charge in [0.15, 0.2) is 12.4 Å². The molecule has 500 valence electrons. The van der Waals surface area contributed by atoms with Crippen LogP contribution in [0, 0.1) is 0 Å². The standard InChI is InChI=1S/C80H127NO8/c1-6-8-10-12-14-16-18-20-22-24-26-28-30-31-32-33-34-35-36-37-38-39-40-41-42-43-44-45-46-47-49-51-53-55-57-59-61-63-65-67-69-71-78(83)89-76(75-88-80(79(84)85)86-73-72-81(3,4)5)74-87-77(82)70-68-66-64-62-60-58-56-54-52-50-48-29-27-25-23-21-19-17-15-13-11-9-7-2/h8-11,14-17,20-23,26-29,31-32,34-35,37-38,40-41,43-44,46-47,50,52,76,80H,6-7,12-13,18-19,24-25,30,33,36,39,42,45,48-49,51,53-75H2,1-5H3/b10-8-,11-9-,16-14-,17-15-,22-20-,23-21-,28-26-,29-27-,32-31-,35-34-,38-37-,41-40-,44-43-,47-46-,52-50-. The Morgan fingerprint density at radius 1 is 0.337 bits per heavy atom. The number of hydrogen-bond donors (Lipinski definition) is 0. The summed E-state index contributed by atoms with van der Waals surface area (Å²) in [5.74, 6) is -2.32. The van der Waals surface area contributed by atoms with Crippen LogP contribution in [0.3, 0.4) is 0 Å². The summed E-state index contributed by atoms with van der Waals surface area (Å²) in [6.45, 7) is 4.48. The molecule has 0 N–H and O–H groups in total. The topological polar surface area (TPSA) is 111 Å². The third-order valence-corrected chi connectivity index (χ3v) is 14.1. The van der Waals surface area contributed by atoms with Gasteiger partial charge in [0.1, 0.15) is 13.2 Å². The van der Waals surface area contributed by atoms with Gasteiger partial charge < -0.3 is 33.3 Å². The summed E-state index contributed by atoms with van der Waals surface area (Å²) in [4.78, 5) is 37.5. The number of rotatable bonds is 62. The van der Waals surface area contributed by atoms with Crippen molar-refractivity contribution in [3.63, 3.8) is 0 Å². The molecule has 0 aromatic rings. The molecule has 0 bridgehead atoms. The number of carbonyl (C=O) groups is 3. The molecule has 2 unspecified atom stereocenters. The molecule has 0 rings (SSSR count). The predicted molar refractivity (Wildman–Crippen MR) is 379 cm³/mol. The van der Waals surface area contributed by atoms with Gasteiger partial charge in [0.2, 0.25) is 0 Å². The van der Waals surface area contributed by atoms with Gasteiger partial charge >= 0.3 is 11.9 Å². The van der Waals surface area contributed by atoms with Gasteiger partial charge in [-0.2, -0.15) is 0 Å². The Hall–Kier alpha value is -5.61. The van der Waals surface area contributed by atoms with Gasteiger partial charge in [0, 0.05) is 12.8 Å². The van der Waals surface area contributed by atoms with Crippen molar-refractivity contribution >= 4 is 17.9 Å². The van der Waals surface area contributed by atoms with E-state index in [0.717, 1.165) is 154 Å². The lowest BCUT2D eigenvalue weighted by molar-refractivity contribution is -0.870. The largest absolute Gasteiger partial charge is 0.545 e. The Kier molecular flexibility index (Phi) is 64.0. The Balaban J connectivity index is 4.19. The van der Waals surface area contributed by atoms with Crippen molar-refractivity contribution in [3.8, 4) is 0 Å². The fourth-order valence-electron chi connectivity index (χ4n) is 8.88. The van der Waals surface area contributed by atoms with Crippen molar-refractivity contribution in [2.75, 3.05) is 47.5 Å². The minimum absolute atomic E-state index is 0.135. The van der Waals surface area contributed by atoms with Crippen LogP contribution >= 0.6 is 0 Å². The van der Waals surface area contributed by atoms with Crippen LogP contribution in [0.15, 0.2) is 182 Å². The zero-order valence-corrected chi connectivity index (χ0v) is 57.0. The minimum atomic E-state index is -1.64. The summed E-state index contributed by atoms with van der Waals surface area (Å²) in [6.07, 6.45) is 101. The number of ether oxygens (including phenoxy) is 4. The molecule has 89 heavy (non-hydrogen) atoms. The summed E-state index contributed by atoms with van der Waals surface area (Å²) >= 11 is 0. The van der Waals surface area contributed by atoms with Gasteiger partial charge in [0.05, 0.1) is 40.3 Å². The Morgan fingerprint density at radius 2 is 0.607 bits per heavy atom. The van der Waals surface area contributed by atoms with Gasteiger partial charge in [-0.15, -0.1) is 0 Å². The molecule has 0 saturated heterocycles. The molecule has 9 nitrogen and oxygen atoms in total. The van der Waals surface area contributed by atoms with Crippen LogP contribution < -0.4 is 5.11 Å². The lowest BCUT2D eigenvalue weighted by Crippen LogP contribution is -2.44. The van der Waals surface area contributed by atoms with E-state index in [9.17, 15) is 19.5 Å². The smallest absolute Gasteiger partial charge is 0.306 e. The third-order valence-electron chi connectivity index (χ3n) is 14.1. The van der Waals surface area contributed by atoms with Gasteiger partial charge in [-0.3, -0.25) is 9.59 Å². The molecule has 0 aromatic carbocycles. The van der Waals surface area contributed by atoms with Crippen LogP contribution in [0.25, 0.3) is 0 Å². The van der Waals surface area contributed by atoms with Crippen molar-refractivity contribution in [2.24, 2.45) is 0 Å². The Morgan fingerprint density at radius 3 is 0.899 bits per heavy atom. The van der Waals surface area contributed by atoms with E-state index in [1.165, 1.54) is 57.8 Å². The molecular formula is C80H127NO8. The molecule has 9 heteroatoms. The van der Waals surface area contributed by atoms with E-state index < -0.39 is 24.3 Å². The van der Waals surface area contributed by atoms with Crippen molar-refractivity contribution < 1.29 is 42.9 Å². The molecule has 0 radical (unpaired) electrons. The number of nitrogens with zero attached hydrogens (tertiary/aromatic N) is 1. The first-order chi connectivity index (χ1) is 43.6. The molecule has 0 aromatic heterocycles. The molecule has 2 atom stereocenters. The lowest BCUT2D eigenvalue weighted by atomic mass is 10.0. The maximum absolute atomic E-state index is 12.9. The van der Waals surface area contributed by atoms with E-state index >= 15 is 0 Å². The first kappa shape index (κ1) is 83.4. The molecule has 0 spiro atoms. The van der Waals surface area contributed by atoms with Gasteiger partial charge in [-0.05, 0) is 135 Å². The number of quaternary nitrogens is 1. The number of likely N-dealkylation sites (N-methyl/N-ethyl adjacent to an activating group) is 1. The number of hydrogen-bond acceptors (Lipinski definition) is 8. The van der Waals surface area contributed by atoms with Crippen molar-refractivity contribution in [2.45, 2.75) is 257 Å². The molecule has 0 aliphatic carbocycles. The molecule has 0 fully saturated rings. The highest BCUT2D eigenvalue weighted by molar-refractivity contribution is 5.70. The van der Waals surface area contributed by atoms with Crippen LogP contribution in [0.1, 0.15) is 245 Å². The highest BCUT2D eigenvalue weighted by Gasteiger charge is 2.22. The SMILES string of the molecule is CC/C=C\C/C=C\C/C=C\C/C=C\C/C=C\C/C=C\C/C=C\C/C=C\C/C=C\C/C=C\CCCCCCCCCCCCC(=O)OC(COC(=O)CCCCCCCCC/C=C\C/C=C\C/C=C\C/C=C\C/C=C\CC)COC(OCC[N+](C)(C)C)C(=O)[O-]. The molecule has 0 heterocycles. The minimum Gasteiger partial charge on any atom is -0.545 e. The molecule has 0 aliphatic rings. The Bertz CT molecular complexity index is 2120. The van der Waals surface area contributed by atoms with Crippen LogP contribution in [0.5, 0.6) is 0 Å². The number of carboxylic acids is 1. The lowest BCUT2D eigenvalue weighted by Gasteiger charge is -2.26. The maximum atomic E-state index is 12.9. The second kappa shape index (κ2) is 68.3. The molecular weight excluding hydrogens is 1100 g/mol. The number of unbranched alkanes of at least 4 members (excludes halogenated alkanes) is 17. The molecule has 0 aliphatic heterocycles. The van der Waals surface area contributed by atoms with E-state index in [0.29, 0.717) is 17.4 Å². The van der Waals surface area contributed by atoms with E-state index in [-0.39, 0.29) is 38.6 Å². The number of esters is 2. The first-order valence-electron chi connectivity index (χ1n) is 34.9.